The Kier molecular flexibility index (Phi) is 6.78. The number of benzene rings is 4. The molecule has 0 amide bonds. The Morgan fingerprint density at radius 2 is 1.19 bits per heavy atom. The van der Waals surface area contributed by atoms with Crippen molar-refractivity contribution in [2.24, 2.45) is 20.5 Å². The van der Waals surface area contributed by atoms with Crippen molar-refractivity contribution >= 4 is 45.3 Å². The first-order valence-electron chi connectivity index (χ1n) is 10.7. The number of fused-ring (bicyclic) bond motifs is 1. The average Bonchev–Trinajstić information content (AvgIpc) is 2.84. The zero-order chi connectivity index (χ0) is 22.2. The number of hydrogen-bond donors (Lipinski definition) is 1. The molecule has 0 unspecified atom stereocenters. The van der Waals surface area contributed by atoms with Crippen LogP contribution in [0.4, 0.5) is 28.4 Å². The van der Waals surface area contributed by atoms with Crippen molar-refractivity contribution in [3.63, 3.8) is 0 Å². The molecule has 5 nitrogen and oxygen atoms in total. The number of hydrogen-bond acceptors (Lipinski definition) is 5. The van der Waals surface area contributed by atoms with Crippen LogP contribution in [-0.2, 0) is 0 Å². The van der Waals surface area contributed by atoms with Crippen LogP contribution in [0.25, 0.3) is 16.8 Å². The van der Waals surface area contributed by atoms with E-state index in [4.69, 9.17) is 0 Å². The van der Waals surface area contributed by atoms with E-state index in [1.54, 1.807) is 0 Å². The van der Waals surface area contributed by atoms with Crippen LogP contribution in [-0.4, -0.2) is 6.54 Å². The van der Waals surface area contributed by atoms with Gasteiger partial charge in [0.05, 0.1) is 22.7 Å². The van der Waals surface area contributed by atoms with E-state index >= 15 is 0 Å². The highest BCUT2D eigenvalue weighted by atomic mass is 15.1. The molecule has 4 aromatic rings. The molecule has 0 aliphatic rings. The molecule has 0 radical (unpaired) electrons. The molecule has 5 heteroatoms. The monoisotopic (exact) mass is 419 g/mol. The van der Waals surface area contributed by atoms with Gasteiger partial charge < -0.3 is 5.32 Å². The van der Waals surface area contributed by atoms with Gasteiger partial charge in [0.25, 0.3) is 0 Å². The summed E-state index contributed by atoms with van der Waals surface area (Å²) in [4.78, 5) is 0. The molecule has 0 atom stereocenters. The maximum absolute atomic E-state index is 4.49. The summed E-state index contributed by atoms with van der Waals surface area (Å²) >= 11 is 0. The molecule has 32 heavy (non-hydrogen) atoms. The number of nitrogens with zero attached hydrogens (tertiary/aromatic N) is 4. The summed E-state index contributed by atoms with van der Waals surface area (Å²) in [5, 5.41) is 23.1. The smallest absolute Gasteiger partial charge is 0.0936 e. The van der Waals surface area contributed by atoms with Gasteiger partial charge in [0.1, 0.15) is 0 Å². The third kappa shape index (κ3) is 5.13. The standard InChI is InChI=1S/C27H25N5/c1-3-7-20-10-12-22(13-11-20)29-31-26-18-19-27(25-9-6-5-8-24(25)26)32-30-23-16-14-21(15-17-23)28-4-2/h3,5-19,28H,4H2,1-2H3/b7-3?,31-29?,32-30-. The van der Waals surface area contributed by atoms with Crippen LogP contribution in [0, 0.1) is 0 Å². The fourth-order valence-corrected chi connectivity index (χ4v) is 3.36. The second kappa shape index (κ2) is 10.3. The molecular weight excluding hydrogens is 394 g/mol. The summed E-state index contributed by atoms with van der Waals surface area (Å²) in [6.07, 6.45) is 4.07. The first-order valence-corrected chi connectivity index (χ1v) is 10.7. The molecule has 0 bridgehead atoms. The van der Waals surface area contributed by atoms with E-state index in [9.17, 15) is 0 Å². The Hall–Kier alpha value is -4.12. The number of rotatable bonds is 7. The molecule has 158 valence electrons. The molecular formula is C27H25N5. The van der Waals surface area contributed by atoms with E-state index < -0.39 is 0 Å². The number of nitrogens with one attached hydrogen (secondary N) is 1. The second-order valence-electron chi connectivity index (χ2n) is 7.22. The number of allylic oxidation sites excluding steroid dienone is 1. The van der Waals surface area contributed by atoms with Gasteiger partial charge in [0, 0.05) is 23.0 Å². The molecule has 0 spiro atoms. The lowest BCUT2D eigenvalue weighted by Crippen LogP contribution is -1.94. The molecule has 0 aliphatic heterocycles. The van der Waals surface area contributed by atoms with Crippen molar-refractivity contribution in [3.05, 3.63) is 96.6 Å². The molecule has 4 aromatic carbocycles. The van der Waals surface area contributed by atoms with Crippen molar-refractivity contribution in [2.75, 3.05) is 11.9 Å². The van der Waals surface area contributed by atoms with Gasteiger partial charge in [-0.1, -0.05) is 48.6 Å². The van der Waals surface area contributed by atoms with Crippen molar-refractivity contribution in [3.8, 4) is 0 Å². The number of anilines is 1. The van der Waals surface area contributed by atoms with Crippen LogP contribution in [0.15, 0.2) is 111 Å². The molecule has 0 aromatic heterocycles. The number of azo groups is 2. The average molecular weight is 420 g/mol. The van der Waals surface area contributed by atoms with Crippen LogP contribution < -0.4 is 5.32 Å². The van der Waals surface area contributed by atoms with E-state index in [2.05, 4.69) is 38.8 Å². The molecule has 0 saturated heterocycles. The van der Waals surface area contributed by atoms with Crippen LogP contribution in [0.5, 0.6) is 0 Å². The molecule has 0 fully saturated rings. The minimum atomic E-state index is 0.797. The topological polar surface area (TPSA) is 61.5 Å². The Labute approximate surface area is 188 Å². The van der Waals surface area contributed by atoms with Crippen LogP contribution >= 0.6 is 0 Å². The van der Waals surface area contributed by atoms with E-state index in [0.717, 1.165) is 51.3 Å². The van der Waals surface area contributed by atoms with E-state index in [-0.39, 0.29) is 0 Å². The van der Waals surface area contributed by atoms with Gasteiger partial charge in [-0.3, -0.25) is 0 Å². The fourth-order valence-electron chi connectivity index (χ4n) is 3.36. The molecule has 1 N–H and O–H groups in total. The summed E-state index contributed by atoms with van der Waals surface area (Å²) in [5.41, 5.74) is 5.43. The van der Waals surface area contributed by atoms with Gasteiger partial charge in [-0.15, -0.1) is 10.2 Å². The van der Waals surface area contributed by atoms with Crippen molar-refractivity contribution < 1.29 is 0 Å². The third-order valence-corrected chi connectivity index (χ3v) is 4.92. The SMILES string of the molecule is CC=Cc1ccc(N=Nc2ccc(/N=N\c3ccc(NCC)cc3)c3ccccc23)cc1. The highest BCUT2D eigenvalue weighted by molar-refractivity contribution is 5.99. The Morgan fingerprint density at radius 3 is 1.69 bits per heavy atom. The minimum Gasteiger partial charge on any atom is -0.385 e. The first-order chi connectivity index (χ1) is 15.8. The Morgan fingerprint density at radius 1 is 0.656 bits per heavy atom. The summed E-state index contributed by atoms with van der Waals surface area (Å²) in [5.74, 6) is 0. The highest BCUT2D eigenvalue weighted by Gasteiger charge is 2.05. The van der Waals surface area contributed by atoms with Crippen LogP contribution in [0.2, 0.25) is 0 Å². The molecule has 4 rings (SSSR count). The lowest BCUT2D eigenvalue weighted by Gasteiger charge is -2.05. The first kappa shape index (κ1) is 21.1. The lowest BCUT2D eigenvalue weighted by molar-refractivity contribution is 1.20. The summed E-state index contributed by atoms with van der Waals surface area (Å²) < 4.78 is 0. The molecule has 0 aliphatic carbocycles. The van der Waals surface area contributed by atoms with Crippen LogP contribution in [0.1, 0.15) is 19.4 Å². The molecule has 0 saturated carbocycles. The lowest BCUT2D eigenvalue weighted by atomic mass is 10.1. The van der Waals surface area contributed by atoms with E-state index in [1.165, 1.54) is 0 Å². The van der Waals surface area contributed by atoms with E-state index in [1.807, 2.05) is 97.9 Å². The van der Waals surface area contributed by atoms with Gasteiger partial charge >= 0.3 is 0 Å². The van der Waals surface area contributed by atoms with Gasteiger partial charge in [-0.25, -0.2) is 0 Å². The zero-order valence-corrected chi connectivity index (χ0v) is 18.2. The van der Waals surface area contributed by atoms with Gasteiger partial charge in [-0.2, -0.15) is 10.2 Å². The van der Waals surface area contributed by atoms with Crippen LogP contribution in [0.3, 0.4) is 0 Å². The van der Waals surface area contributed by atoms with Crippen molar-refractivity contribution in [1.82, 2.24) is 0 Å². The molecule has 0 heterocycles. The predicted octanol–water partition coefficient (Wildman–Crippen LogP) is 9.14. The fraction of sp³-hybridized carbons (Fsp3) is 0.111. The zero-order valence-electron chi connectivity index (χ0n) is 18.2. The van der Waals surface area contributed by atoms with Crippen molar-refractivity contribution in [2.45, 2.75) is 13.8 Å². The summed E-state index contributed by atoms with van der Waals surface area (Å²) in [6, 6.07) is 27.8. The van der Waals surface area contributed by atoms with Gasteiger partial charge in [0.2, 0.25) is 0 Å². The van der Waals surface area contributed by atoms with Gasteiger partial charge in [-0.05, 0) is 67.9 Å². The maximum Gasteiger partial charge on any atom is 0.0936 e. The van der Waals surface area contributed by atoms with Gasteiger partial charge in [0.15, 0.2) is 0 Å². The normalized spacial score (nSPS) is 11.8. The predicted molar refractivity (Wildman–Crippen MR) is 134 cm³/mol. The second-order valence-corrected chi connectivity index (χ2v) is 7.22. The summed E-state index contributed by atoms with van der Waals surface area (Å²) in [7, 11) is 0. The maximum atomic E-state index is 4.49. The minimum absolute atomic E-state index is 0.797. The highest BCUT2D eigenvalue weighted by Crippen LogP contribution is 2.35. The largest absolute Gasteiger partial charge is 0.385 e. The quantitative estimate of drug-likeness (QED) is 0.298. The van der Waals surface area contributed by atoms with Crippen molar-refractivity contribution in [1.29, 1.82) is 0 Å². The summed E-state index contributed by atoms with van der Waals surface area (Å²) in [6.45, 7) is 4.96. The Balaban J connectivity index is 1.59. The van der Waals surface area contributed by atoms with E-state index in [0.29, 0.717) is 0 Å². The Bertz CT molecular complexity index is 1270. The third-order valence-electron chi connectivity index (χ3n) is 4.92.